The van der Waals surface area contributed by atoms with Crippen molar-refractivity contribution in [2.75, 3.05) is 31.8 Å². The molecule has 1 saturated heterocycles. The average molecular weight is 352 g/mol. The van der Waals surface area contributed by atoms with Crippen molar-refractivity contribution in [1.29, 1.82) is 0 Å². The number of rotatable bonds is 3. The molecule has 1 amide bonds. The molecule has 134 valence electrons. The lowest BCUT2D eigenvalue weighted by Crippen LogP contribution is -2.45. The number of benzene rings is 1. The van der Waals surface area contributed by atoms with E-state index >= 15 is 0 Å². The number of aromatic nitrogens is 1. The molecule has 0 radical (unpaired) electrons. The Balaban J connectivity index is 1.64. The first-order valence-electron chi connectivity index (χ1n) is 8.95. The number of para-hydroxylation sites is 1. The zero-order chi connectivity index (χ0) is 17.7. The maximum atomic E-state index is 13.6. The third-order valence-corrected chi connectivity index (χ3v) is 5.57. The van der Waals surface area contributed by atoms with Crippen LogP contribution in [0.1, 0.15) is 24.1 Å². The number of hydrogen-bond acceptors (Lipinski definition) is 5. The number of carbonyl (C=O) groups is 1. The van der Waals surface area contributed by atoms with Crippen LogP contribution in [-0.2, 0) is 14.9 Å². The fraction of sp³-hybridized carbons (Fsp3) is 0.400. The minimum Gasteiger partial charge on any atom is -0.490 e. The summed E-state index contributed by atoms with van der Waals surface area (Å²) in [4.78, 5) is 20.1. The Hall–Kier alpha value is -2.60. The number of amides is 1. The summed E-state index contributed by atoms with van der Waals surface area (Å²) in [5.41, 5.74) is 1.61. The maximum Gasteiger partial charge on any atom is 0.247 e. The van der Waals surface area contributed by atoms with E-state index in [9.17, 15) is 4.79 Å². The van der Waals surface area contributed by atoms with Crippen molar-refractivity contribution in [2.45, 2.75) is 24.4 Å². The van der Waals surface area contributed by atoms with Gasteiger partial charge in [-0.3, -0.25) is 4.79 Å². The van der Waals surface area contributed by atoms with Gasteiger partial charge >= 0.3 is 0 Å². The molecule has 2 unspecified atom stereocenters. The number of ether oxygens (including phenoxy) is 3. The number of hydrogen-bond donors (Lipinski definition) is 0. The van der Waals surface area contributed by atoms with E-state index in [2.05, 4.69) is 4.98 Å². The number of methoxy groups -OCH3 is 1. The van der Waals surface area contributed by atoms with Crippen molar-refractivity contribution in [3.8, 4) is 11.6 Å². The smallest absolute Gasteiger partial charge is 0.247 e. The summed E-state index contributed by atoms with van der Waals surface area (Å²) in [6.45, 7) is 1.60. The molecule has 26 heavy (non-hydrogen) atoms. The van der Waals surface area contributed by atoms with Gasteiger partial charge in [0, 0.05) is 23.9 Å². The molecule has 6 nitrogen and oxygen atoms in total. The maximum absolute atomic E-state index is 13.6. The van der Waals surface area contributed by atoms with Gasteiger partial charge in [-0.05, 0) is 25.0 Å². The Kier molecular flexibility index (Phi) is 3.43. The molecule has 0 saturated carbocycles. The molecule has 2 atom stereocenters. The molecule has 1 aromatic carbocycles. The molecule has 0 bridgehead atoms. The van der Waals surface area contributed by atoms with E-state index in [1.54, 1.807) is 13.2 Å². The molecule has 0 N–H and O–H groups in total. The van der Waals surface area contributed by atoms with E-state index in [-0.39, 0.29) is 18.6 Å². The van der Waals surface area contributed by atoms with Crippen molar-refractivity contribution in [3.05, 3.63) is 47.7 Å². The Morgan fingerprint density at radius 3 is 3.00 bits per heavy atom. The summed E-state index contributed by atoms with van der Waals surface area (Å²) in [6.07, 6.45) is 2.12. The van der Waals surface area contributed by atoms with Crippen molar-refractivity contribution in [2.24, 2.45) is 0 Å². The summed E-state index contributed by atoms with van der Waals surface area (Å²) in [7, 11) is 1.57. The first kappa shape index (κ1) is 15.6. The van der Waals surface area contributed by atoms with Crippen molar-refractivity contribution in [1.82, 2.24) is 4.98 Å². The largest absolute Gasteiger partial charge is 0.490 e. The molecule has 3 aliphatic rings. The summed E-state index contributed by atoms with van der Waals surface area (Å²) >= 11 is 0. The third kappa shape index (κ3) is 2.02. The van der Waals surface area contributed by atoms with Gasteiger partial charge in [-0.15, -0.1) is 0 Å². The first-order chi connectivity index (χ1) is 12.7. The standard InChI is InChI=1S/C20H20N2O4/c1-24-17-9-8-16-18(21-17)20(12-26-16)14-6-2-3-7-15(14)22(19(20)23)11-13-5-4-10-25-13/h2-3,6-9,13H,4-5,10-12H2,1H3. The number of anilines is 1. The van der Waals surface area contributed by atoms with Gasteiger partial charge in [-0.1, -0.05) is 18.2 Å². The molecule has 0 aliphatic carbocycles. The second-order valence-electron chi connectivity index (χ2n) is 6.96. The van der Waals surface area contributed by atoms with Crippen LogP contribution in [0.15, 0.2) is 36.4 Å². The predicted octanol–water partition coefficient (Wildman–Crippen LogP) is 2.29. The fourth-order valence-electron chi connectivity index (χ4n) is 4.29. The molecular formula is C20H20N2O4. The van der Waals surface area contributed by atoms with E-state index in [1.807, 2.05) is 35.2 Å². The topological polar surface area (TPSA) is 60.9 Å². The van der Waals surface area contributed by atoms with Gasteiger partial charge in [0.05, 0.1) is 19.8 Å². The predicted molar refractivity (Wildman–Crippen MR) is 94.8 cm³/mol. The summed E-state index contributed by atoms with van der Waals surface area (Å²) in [6, 6.07) is 11.5. The number of fused-ring (bicyclic) bond motifs is 4. The van der Waals surface area contributed by atoms with Crippen LogP contribution in [0.5, 0.6) is 11.6 Å². The lowest BCUT2D eigenvalue weighted by atomic mass is 9.80. The highest BCUT2D eigenvalue weighted by Crippen LogP contribution is 2.51. The van der Waals surface area contributed by atoms with Crippen LogP contribution < -0.4 is 14.4 Å². The quantitative estimate of drug-likeness (QED) is 0.848. The van der Waals surface area contributed by atoms with E-state index in [0.29, 0.717) is 23.9 Å². The summed E-state index contributed by atoms with van der Waals surface area (Å²) in [5.74, 6) is 1.14. The van der Waals surface area contributed by atoms with E-state index in [1.165, 1.54) is 0 Å². The van der Waals surface area contributed by atoms with Crippen LogP contribution in [0.25, 0.3) is 0 Å². The molecule has 6 heteroatoms. The van der Waals surface area contributed by atoms with E-state index in [4.69, 9.17) is 14.2 Å². The van der Waals surface area contributed by atoms with Crippen molar-refractivity contribution >= 4 is 11.6 Å². The molecular weight excluding hydrogens is 332 g/mol. The van der Waals surface area contributed by atoms with Crippen LogP contribution in [0.4, 0.5) is 5.69 Å². The van der Waals surface area contributed by atoms with Crippen LogP contribution in [0.2, 0.25) is 0 Å². The Labute approximate surface area is 151 Å². The number of carbonyl (C=O) groups excluding carboxylic acids is 1. The Morgan fingerprint density at radius 1 is 1.31 bits per heavy atom. The average Bonchev–Trinajstić information content (AvgIpc) is 3.38. The minimum absolute atomic E-state index is 0.00806. The first-order valence-corrected chi connectivity index (χ1v) is 8.95. The normalized spacial score (nSPS) is 26.1. The molecule has 3 aliphatic heterocycles. The van der Waals surface area contributed by atoms with Gasteiger partial charge in [0.25, 0.3) is 0 Å². The molecule has 1 aromatic heterocycles. The SMILES string of the molecule is COc1ccc2c(n1)C1(CO2)C(=O)N(CC2CCCO2)c2ccccc21. The highest BCUT2D eigenvalue weighted by molar-refractivity contribution is 6.11. The van der Waals surface area contributed by atoms with Gasteiger partial charge in [0.15, 0.2) is 5.41 Å². The van der Waals surface area contributed by atoms with E-state index < -0.39 is 5.41 Å². The van der Waals surface area contributed by atoms with Gasteiger partial charge < -0.3 is 19.1 Å². The number of pyridine rings is 1. The molecule has 5 rings (SSSR count). The van der Waals surface area contributed by atoms with Crippen molar-refractivity contribution in [3.63, 3.8) is 0 Å². The summed E-state index contributed by atoms with van der Waals surface area (Å²) in [5, 5.41) is 0. The van der Waals surface area contributed by atoms with Gasteiger partial charge in [0.1, 0.15) is 18.1 Å². The second kappa shape index (κ2) is 5.71. The van der Waals surface area contributed by atoms with E-state index in [0.717, 1.165) is 30.7 Å². The molecule has 1 fully saturated rings. The van der Waals surface area contributed by atoms with Crippen LogP contribution >= 0.6 is 0 Å². The molecule has 2 aromatic rings. The molecule has 4 heterocycles. The number of nitrogens with zero attached hydrogens (tertiary/aromatic N) is 2. The zero-order valence-corrected chi connectivity index (χ0v) is 14.6. The van der Waals surface area contributed by atoms with Crippen molar-refractivity contribution < 1.29 is 19.0 Å². The Morgan fingerprint density at radius 2 is 2.19 bits per heavy atom. The summed E-state index contributed by atoms with van der Waals surface area (Å²) < 4.78 is 16.9. The highest BCUT2D eigenvalue weighted by atomic mass is 16.5. The molecule has 1 spiro atoms. The van der Waals surface area contributed by atoms with Crippen LogP contribution in [0, 0.1) is 0 Å². The minimum atomic E-state index is -0.904. The highest BCUT2D eigenvalue weighted by Gasteiger charge is 2.58. The lowest BCUT2D eigenvalue weighted by molar-refractivity contribution is -0.122. The van der Waals surface area contributed by atoms with Gasteiger partial charge in [-0.25, -0.2) is 4.98 Å². The van der Waals surface area contributed by atoms with Crippen LogP contribution in [0.3, 0.4) is 0 Å². The zero-order valence-electron chi connectivity index (χ0n) is 14.6. The van der Waals surface area contributed by atoms with Gasteiger partial charge in [0.2, 0.25) is 11.8 Å². The fourth-order valence-corrected chi connectivity index (χ4v) is 4.29. The van der Waals surface area contributed by atoms with Gasteiger partial charge in [-0.2, -0.15) is 0 Å². The second-order valence-corrected chi connectivity index (χ2v) is 6.96. The third-order valence-electron chi connectivity index (χ3n) is 5.57. The monoisotopic (exact) mass is 352 g/mol. The lowest BCUT2D eigenvalue weighted by Gasteiger charge is -2.24. The Bertz CT molecular complexity index is 878. The van der Waals surface area contributed by atoms with Crippen LogP contribution in [-0.4, -0.2) is 43.9 Å².